The van der Waals surface area contributed by atoms with Gasteiger partial charge in [0, 0.05) is 32.7 Å². The molecule has 0 spiro atoms. The molecule has 6 nitrogen and oxygen atoms in total. The standard InChI is InChI=1S/C25H26ClN5O/c1-19-23(24(26)31(28-19)18-21-6-3-2-4-7-21)25(32)30-13-5-12-29(14-15-30)17-22-10-8-20(16-27)9-11-22/h2-4,6-11H,5,12-15,17-18H2,1H3. The molecule has 3 aromatic rings. The van der Waals surface area contributed by atoms with Crippen LogP contribution in [0.2, 0.25) is 5.15 Å². The molecule has 1 aliphatic heterocycles. The van der Waals surface area contributed by atoms with Crippen LogP contribution in [0.15, 0.2) is 54.6 Å². The summed E-state index contributed by atoms with van der Waals surface area (Å²) in [4.78, 5) is 17.6. The maximum Gasteiger partial charge on any atom is 0.258 e. The van der Waals surface area contributed by atoms with E-state index in [1.807, 2.05) is 66.4 Å². The van der Waals surface area contributed by atoms with E-state index in [9.17, 15) is 4.79 Å². The molecule has 2 heterocycles. The van der Waals surface area contributed by atoms with Gasteiger partial charge in [-0.25, -0.2) is 4.68 Å². The lowest BCUT2D eigenvalue weighted by atomic mass is 10.1. The van der Waals surface area contributed by atoms with E-state index < -0.39 is 0 Å². The lowest BCUT2D eigenvalue weighted by Gasteiger charge is -2.22. The van der Waals surface area contributed by atoms with Gasteiger partial charge in [0.2, 0.25) is 0 Å². The number of amides is 1. The SMILES string of the molecule is Cc1nn(Cc2ccccc2)c(Cl)c1C(=O)N1CCCN(Cc2ccc(C#N)cc2)CC1. The molecule has 0 bridgehead atoms. The molecule has 1 aromatic heterocycles. The third-order valence-corrected chi connectivity index (χ3v) is 6.20. The van der Waals surface area contributed by atoms with Crippen molar-refractivity contribution < 1.29 is 4.79 Å². The van der Waals surface area contributed by atoms with Crippen LogP contribution in [-0.4, -0.2) is 51.7 Å². The van der Waals surface area contributed by atoms with Crippen LogP contribution in [0.4, 0.5) is 0 Å². The molecule has 1 aliphatic rings. The number of hydrogen-bond acceptors (Lipinski definition) is 4. The van der Waals surface area contributed by atoms with Gasteiger partial charge < -0.3 is 4.90 Å². The minimum Gasteiger partial charge on any atom is -0.337 e. The highest BCUT2D eigenvalue weighted by molar-refractivity contribution is 6.33. The Bertz CT molecular complexity index is 1120. The molecule has 1 fully saturated rings. The Labute approximate surface area is 193 Å². The minimum atomic E-state index is -0.0490. The number of benzene rings is 2. The number of halogens is 1. The van der Waals surface area contributed by atoms with E-state index in [0.717, 1.165) is 31.6 Å². The highest BCUT2D eigenvalue weighted by atomic mass is 35.5. The quantitative estimate of drug-likeness (QED) is 0.590. The first-order valence-electron chi connectivity index (χ1n) is 10.8. The maximum absolute atomic E-state index is 13.3. The highest BCUT2D eigenvalue weighted by Crippen LogP contribution is 2.23. The summed E-state index contributed by atoms with van der Waals surface area (Å²) in [5.74, 6) is -0.0490. The molecule has 2 aromatic carbocycles. The zero-order chi connectivity index (χ0) is 22.5. The van der Waals surface area contributed by atoms with Gasteiger partial charge >= 0.3 is 0 Å². The molecule has 4 rings (SSSR count). The second-order valence-corrected chi connectivity index (χ2v) is 8.48. The lowest BCUT2D eigenvalue weighted by Crippen LogP contribution is -2.35. The van der Waals surface area contributed by atoms with Gasteiger partial charge in [-0.1, -0.05) is 54.1 Å². The van der Waals surface area contributed by atoms with Crippen LogP contribution in [0, 0.1) is 18.3 Å². The fourth-order valence-corrected chi connectivity index (χ4v) is 4.41. The average molecular weight is 448 g/mol. The fourth-order valence-electron chi connectivity index (χ4n) is 4.09. The number of aryl methyl sites for hydroxylation is 1. The van der Waals surface area contributed by atoms with Gasteiger partial charge in [0.1, 0.15) is 5.15 Å². The number of aromatic nitrogens is 2. The van der Waals surface area contributed by atoms with Crippen molar-refractivity contribution in [3.63, 3.8) is 0 Å². The smallest absolute Gasteiger partial charge is 0.258 e. The Balaban J connectivity index is 1.42. The monoisotopic (exact) mass is 447 g/mol. The van der Waals surface area contributed by atoms with Gasteiger partial charge in [-0.15, -0.1) is 0 Å². The Hall–Kier alpha value is -3.14. The van der Waals surface area contributed by atoms with Crippen molar-refractivity contribution in [2.75, 3.05) is 26.2 Å². The summed E-state index contributed by atoms with van der Waals surface area (Å²) in [7, 11) is 0. The summed E-state index contributed by atoms with van der Waals surface area (Å²) < 4.78 is 1.70. The lowest BCUT2D eigenvalue weighted by molar-refractivity contribution is 0.0760. The number of carbonyl (C=O) groups excluding carboxylic acids is 1. The fraction of sp³-hybridized carbons (Fsp3) is 0.320. The van der Waals surface area contributed by atoms with Gasteiger partial charge in [-0.3, -0.25) is 9.69 Å². The third kappa shape index (κ3) is 5.01. The molecule has 0 atom stereocenters. The number of nitrogens with zero attached hydrogens (tertiary/aromatic N) is 5. The summed E-state index contributed by atoms with van der Waals surface area (Å²) >= 11 is 6.61. The van der Waals surface area contributed by atoms with Crippen molar-refractivity contribution >= 4 is 17.5 Å². The van der Waals surface area contributed by atoms with Gasteiger partial charge in [-0.2, -0.15) is 10.4 Å². The van der Waals surface area contributed by atoms with E-state index in [0.29, 0.717) is 41.6 Å². The molecular formula is C25H26ClN5O. The molecule has 0 aliphatic carbocycles. The van der Waals surface area contributed by atoms with E-state index in [1.54, 1.807) is 4.68 Å². The number of nitriles is 1. The Morgan fingerprint density at radius 2 is 1.72 bits per heavy atom. The van der Waals surface area contributed by atoms with Crippen molar-refractivity contribution in [1.29, 1.82) is 5.26 Å². The van der Waals surface area contributed by atoms with E-state index in [2.05, 4.69) is 16.1 Å². The molecular weight excluding hydrogens is 422 g/mol. The minimum absolute atomic E-state index is 0.0490. The van der Waals surface area contributed by atoms with Crippen molar-refractivity contribution in [3.05, 3.63) is 87.7 Å². The number of hydrogen-bond donors (Lipinski definition) is 0. The van der Waals surface area contributed by atoms with Gasteiger partial charge in [-0.05, 0) is 36.6 Å². The van der Waals surface area contributed by atoms with Crippen molar-refractivity contribution in [1.82, 2.24) is 19.6 Å². The van der Waals surface area contributed by atoms with Crippen molar-refractivity contribution in [3.8, 4) is 6.07 Å². The molecule has 0 unspecified atom stereocenters. The van der Waals surface area contributed by atoms with Crippen molar-refractivity contribution in [2.24, 2.45) is 0 Å². The van der Waals surface area contributed by atoms with Crippen LogP contribution < -0.4 is 0 Å². The van der Waals surface area contributed by atoms with E-state index in [-0.39, 0.29) is 5.91 Å². The largest absolute Gasteiger partial charge is 0.337 e. The van der Waals surface area contributed by atoms with Crippen LogP contribution in [0.1, 0.15) is 39.2 Å². The zero-order valence-corrected chi connectivity index (χ0v) is 18.9. The first kappa shape index (κ1) is 22.1. The van der Waals surface area contributed by atoms with E-state index in [4.69, 9.17) is 16.9 Å². The van der Waals surface area contributed by atoms with Crippen LogP contribution in [0.25, 0.3) is 0 Å². The first-order chi connectivity index (χ1) is 15.5. The van der Waals surface area contributed by atoms with Crippen LogP contribution in [-0.2, 0) is 13.1 Å². The van der Waals surface area contributed by atoms with E-state index in [1.165, 1.54) is 5.56 Å². The summed E-state index contributed by atoms with van der Waals surface area (Å²) in [5, 5.41) is 13.9. The maximum atomic E-state index is 13.3. The number of carbonyl (C=O) groups is 1. The molecule has 0 saturated carbocycles. The second kappa shape index (κ2) is 9.99. The zero-order valence-electron chi connectivity index (χ0n) is 18.2. The predicted octanol–water partition coefficient (Wildman–Crippen LogP) is 4.11. The molecule has 1 amide bonds. The third-order valence-electron chi connectivity index (χ3n) is 5.82. The Morgan fingerprint density at radius 1 is 1.00 bits per heavy atom. The Morgan fingerprint density at radius 3 is 2.44 bits per heavy atom. The summed E-state index contributed by atoms with van der Waals surface area (Å²) in [6, 6.07) is 19.8. The summed E-state index contributed by atoms with van der Waals surface area (Å²) in [6.45, 7) is 6.24. The topological polar surface area (TPSA) is 65.2 Å². The first-order valence-corrected chi connectivity index (χ1v) is 11.2. The van der Waals surface area contributed by atoms with Crippen LogP contribution in [0.3, 0.4) is 0 Å². The molecule has 164 valence electrons. The Kier molecular flexibility index (Phi) is 6.89. The average Bonchev–Trinajstić information content (AvgIpc) is 2.96. The highest BCUT2D eigenvalue weighted by Gasteiger charge is 2.26. The normalized spacial score (nSPS) is 14.7. The van der Waals surface area contributed by atoms with Gasteiger partial charge in [0.05, 0.1) is 29.4 Å². The molecule has 0 radical (unpaired) electrons. The van der Waals surface area contributed by atoms with E-state index >= 15 is 0 Å². The summed E-state index contributed by atoms with van der Waals surface area (Å²) in [5.41, 5.74) is 4.09. The molecule has 1 saturated heterocycles. The second-order valence-electron chi connectivity index (χ2n) is 8.13. The number of rotatable bonds is 5. The molecule has 7 heteroatoms. The van der Waals surface area contributed by atoms with Gasteiger partial charge in [0.15, 0.2) is 0 Å². The van der Waals surface area contributed by atoms with Crippen LogP contribution in [0.5, 0.6) is 0 Å². The summed E-state index contributed by atoms with van der Waals surface area (Å²) in [6.07, 6.45) is 0.900. The van der Waals surface area contributed by atoms with Crippen molar-refractivity contribution in [2.45, 2.75) is 26.4 Å². The molecule has 0 N–H and O–H groups in total. The predicted molar refractivity (Wildman–Crippen MR) is 124 cm³/mol. The van der Waals surface area contributed by atoms with Gasteiger partial charge in [0.25, 0.3) is 5.91 Å². The molecule has 32 heavy (non-hydrogen) atoms. The van der Waals surface area contributed by atoms with Crippen LogP contribution >= 0.6 is 11.6 Å².